The number of hydrogen-bond acceptors (Lipinski definition) is 3. The van der Waals surface area contributed by atoms with Gasteiger partial charge in [0.05, 0.1) is 12.7 Å². The number of benzene rings is 2. The third-order valence-electron chi connectivity index (χ3n) is 4.79. The van der Waals surface area contributed by atoms with E-state index in [2.05, 4.69) is 5.32 Å². The fraction of sp³-hybridized carbons (Fsp3) is 0.333. The van der Waals surface area contributed by atoms with Crippen LogP contribution in [-0.2, 0) is 4.79 Å². The van der Waals surface area contributed by atoms with Crippen LogP contribution < -0.4 is 5.32 Å². The summed E-state index contributed by atoms with van der Waals surface area (Å²) >= 11 is 0. The highest BCUT2D eigenvalue weighted by atomic mass is 19.1. The summed E-state index contributed by atoms with van der Waals surface area (Å²) < 4.78 is 13.4. The quantitative estimate of drug-likeness (QED) is 0.760. The van der Waals surface area contributed by atoms with Crippen LogP contribution in [0, 0.1) is 5.82 Å². The SMILES string of the molecule is CCCC1NC(=O)N(CN(C)C(c2ccccc2)c2ccc(F)cc2)C1=O. The zero-order valence-corrected chi connectivity index (χ0v) is 15.6. The van der Waals surface area contributed by atoms with Gasteiger partial charge in [0.1, 0.15) is 11.9 Å². The Labute approximate surface area is 158 Å². The van der Waals surface area contributed by atoms with Crippen LogP contribution in [0.25, 0.3) is 0 Å². The van der Waals surface area contributed by atoms with Crippen LogP contribution in [0.4, 0.5) is 9.18 Å². The van der Waals surface area contributed by atoms with Crippen molar-refractivity contribution >= 4 is 11.9 Å². The Morgan fingerprint density at radius 2 is 1.70 bits per heavy atom. The van der Waals surface area contributed by atoms with E-state index in [4.69, 9.17) is 0 Å². The smallest absolute Gasteiger partial charge is 0.325 e. The second-order valence-electron chi connectivity index (χ2n) is 6.82. The van der Waals surface area contributed by atoms with E-state index in [0.29, 0.717) is 6.42 Å². The van der Waals surface area contributed by atoms with E-state index in [9.17, 15) is 14.0 Å². The molecule has 1 heterocycles. The van der Waals surface area contributed by atoms with Gasteiger partial charge in [-0.2, -0.15) is 0 Å². The zero-order valence-electron chi connectivity index (χ0n) is 15.6. The molecule has 0 saturated carbocycles. The van der Waals surface area contributed by atoms with E-state index in [-0.39, 0.29) is 30.5 Å². The van der Waals surface area contributed by atoms with Gasteiger partial charge < -0.3 is 5.32 Å². The summed E-state index contributed by atoms with van der Waals surface area (Å²) in [6.45, 7) is 2.13. The lowest BCUT2D eigenvalue weighted by atomic mass is 9.97. The Morgan fingerprint density at radius 1 is 1.07 bits per heavy atom. The molecule has 2 atom stereocenters. The zero-order chi connectivity index (χ0) is 19.4. The highest BCUT2D eigenvalue weighted by Crippen LogP contribution is 2.28. The van der Waals surface area contributed by atoms with Gasteiger partial charge in [-0.05, 0) is 36.7 Å². The maximum absolute atomic E-state index is 13.4. The van der Waals surface area contributed by atoms with Gasteiger partial charge in [-0.1, -0.05) is 55.8 Å². The molecule has 2 aromatic carbocycles. The number of rotatable bonds is 7. The van der Waals surface area contributed by atoms with E-state index < -0.39 is 6.04 Å². The minimum atomic E-state index is -0.447. The van der Waals surface area contributed by atoms with Crippen LogP contribution in [0.2, 0.25) is 0 Å². The van der Waals surface area contributed by atoms with E-state index in [0.717, 1.165) is 17.5 Å². The summed E-state index contributed by atoms with van der Waals surface area (Å²) in [5, 5.41) is 2.75. The first kappa shape index (κ1) is 19.0. The second-order valence-corrected chi connectivity index (χ2v) is 6.82. The first-order valence-electron chi connectivity index (χ1n) is 9.13. The largest absolute Gasteiger partial charge is 0.326 e. The van der Waals surface area contributed by atoms with E-state index in [1.807, 2.05) is 49.2 Å². The molecule has 1 fully saturated rings. The molecule has 3 rings (SSSR count). The van der Waals surface area contributed by atoms with Gasteiger partial charge >= 0.3 is 6.03 Å². The van der Waals surface area contributed by atoms with Crippen LogP contribution in [-0.4, -0.2) is 41.5 Å². The van der Waals surface area contributed by atoms with E-state index in [1.54, 1.807) is 12.1 Å². The van der Waals surface area contributed by atoms with Gasteiger partial charge in [0.25, 0.3) is 5.91 Å². The fourth-order valence-corrected chi connectivity index (χ4v) is 3.48. The number of halogens is 1. The molecule has 27 heavy (non-hydrogen) atoms. The Hall–Kier alpha value is -2.73. The summed E-state index contributed by atoms with van der Waals surface area (Å²) in [6, 6.07) is 15.0. The summed E-state index contributed by atoms with van der Waals surface area (Å²) in [6.07, 6.45) is 1.45. The summed E-state index contributed by atoms with van der Waals surface area (Å²) in [5.74, 6) is -0.496. The average molecular weight is 369 g/mol. The predicted octanol–water partition coefficient (Wildman–Crippen LogP) is 3.52. The third kappa shape index (κ3) is 4.17. The van der Waals surface area contributed by atoms with Gasteiger partial charge in [-0.3, -0.25) is 9.69 Å². The molecule has 0 radical (unpaired) electrons. The summed E-state index contributed by atoms with van der Waals surface area (Å²) in [4.78, 5) is 28.0. The van der Waals surface area contributed by atoms with Crippen molar-refractivity contribution in [1.29, 1.82) is 0 Å². The van der Waals surface area contributed by atoms with Gasteiger partial charge in [-0.25, -0.2) is 14.1 Å². The second kappa shape index (κ2) is 8.31. The Kier molecular flexibility index (Phi) is 5.86. The van der Waals surface area contributed by atoms with Crippen LogP contribution in [0.15, 0.2) is 54.6 Å². The predicted molar refractivity (Wildman–Crippen MR) is 101 cm³/mol. The number of hydrogen-bond donors (Lipinski definition) is 1. The molecular weight excluding hydrogens is 345 g/mol. The van der Waals surface area contributed by atoms with Crippen LogP contribution in [0.3, 0.4) is 0 Å². The lowest BCUT2D eigenvalue weighted by molar-refractivity contribution is -0.129. The Balaban J connectivity index is 1.85. The molecule has 2 unspecified atom stereocenters. The molecule has 2 aromatic rings. The molecule has 0 bridgehead atoms. The van der Waals surface area contributed by atoms with Crippen molar-refractivity contribution in [2.45, 2.75) is 31.8 Å². The molecule has 1 saturated heterocycles. The monoisotopic (exact) mass is 369 g/mol. The minimum Gasteiger partial charge on any atom is -0.326 e. The third-order valence-corrected chi connectivity index (χ3v) is 4.79. The molecule has 0 aromatic heterocycles. The fourth-order valence-electron chi connectivity index (χ4n) is 3.48. The summed E-state index contributed by atoms with van der Waals surface area (Å²) in [5.41, 5.74) is 1.89. The molecule has 0 aliphatic carbocycles. The average Bonchev–Trinajstić information content (AvgIpc) is 2.92. The Morgan fingerprint density at radius 3 is 2.33 bits per heavy atom. The number of amides is 3. The van der Waals surface area contributed by atoms with Crippen molar-refractivity contribution in [3.63, 3.8) is 0 Å². The molecular formula is C21H24FN3O2. The molecule has 3 amide bonds. The molecule has 5 nitrogen and oxygen atoms in total. The molecule has 1 aliphatic rings. The van der Waals surface area contributed by atoms with E-state index >= 15 is 0 Å². The minimum absolute atomic E-state index is 0.155. The molecule has 1 N–H and O–H groups in total. The van der Waals surface area contributed by atoms with Gasteiger partial charge in [0, 0.05) is 0 Å². The summed E-state index contributed by atoms with van der Waals surface area (Å²) in [7, 11) is 1.86. The van der Waals surface area contributed by atoms with E-state index in [1.165, 1.54) is 17.0 Å². The first-order chi connectivity index (χ1) is 13.0. The normalized spacial score (nSPS) is 18.1. The molecule has 1 aliphatic heterocycles. The first-order valence-corrected chi connectivity index (χ1v) is 9.13. The van der Waals surface area contributed by atoms with Crippen molar-refractivity contribution in [1.82, 2.24) is 15.1 Å². The van der Waals surface area contributed by atoms with Crippen molar-refractivity contribution in [2.75, 3.05) is 13.7 Å². The number of nitrogens with one attached hydrogen (secondary N) is 1. The van der Waals surface area contributed by atoms with Crippen molar-refractivity contribution < 1.29 is 14.0 Å². The number of carbonyl (C=O) groups is 2. The molecule has 6 heteroatoms. The Bertz CT molecular complexity index is 795. The highest BCUT2D eigenvalue weighted by Gasteiger charge is 2.38. The lowest BCUT2D eigenvalue weighted by Crippen LogP contribution is -2.42. The number of carbonyl (C=O) groups excluding carboxylic acids is 2. The van der Waals surface area contributed by atoms with Crippen LogP contribution >= 0.6 is 0 Å². The topological polar surface area (TPSA) is 52.7 Å². The maximum Gasteiger partial charge on any atom is 0.325 e. The molecule has 142 valence electrons. The molecule has 0 spiro atoms. The number of urea groups is 1. The number of imide groups is 1. The van der Waals surface area contributed by atoms with Crippen LogP contribution in [0.1, 0.15) is 36.9 Å². The van der Waals surface area contributed by atoms with Gasteiger partial charge in [0.2, 0.25) is 0 Å². The lowest BCUT2D eigenvalue weighted by Gasteiger charge is -2.31. The highest BCUT2D eigenvalue weighted by molar-refractivity contribution is 6.04. The number of nitrogens with zero attached hydrogens (tertiary/aromatic N) is 2. The maximum atomic E-state index is 13.4. The van der Waals surface area contributed by atoms with Gasteiger partial charge in [-0.15, -0.1) is 0 Å². The van der Waals surface area contributed by atoms with Gasteiger partial charge in [0.15, 0.2) is 0 Å². The van der Waals surface area contributed by atoms with Crippen molar-refractivity contribution in [2.24, 2.45) is 0 Å². The van der Waals surface area contributed by atoms with Crippen molar-refractivity contribution in [3.05, 3.63) is 71.5 Å². The van der Waals surface area contributed by atoms with Crippen molar-refractivity contribution in [3.8, 4) is 0 Å². The van der Waals surface area contributed by atoms with Crippen LogP contribution in [0.5, 0.6) is 0 Å². The standard InChI is InChI=1S/C21H24FN3O2/c1-3-7-18-20(26)25(21(27)23-18)14-24(2)19(15-8-5-4-6-9-15)16-10-12-17(22)13-11-16/h4-6,8-13,18-19H,3,7,14H2,1-2H3,(H,23,27).